The van der Waals surface area contributed by atoms with E-state index in [0.29, 0.717) is 13.1 Å². The number of carboxylic acids is 1. The van der Waals surface area contributed by atoms with Crippen LogP contribution >= 0.6 is 0 Å². The highest BCUT2D eigenvalue weighted by atomic mass is 16.5. The Balaban J connectivity index is 2.71. The molecule has 1 aliphatic rings. The minimum Gasteiger partial charge on any atom is -0.481 e. The molecule has 0 aromatic carbocycles. The number of carbonyl (C=O) groups excluding carboxylic acids is 1. The van der Waals surface area contributed by atoms with Gasteiger partial charge < -0.3 is 14.7 Å². The second-order valence-corrected chi connectivity index (χ2v) is 3.30. The van der Waals surface area contributed by atoms with Crippen molar-refractivity contribution in [3.05, 3.63) is 0 Å². The van der Waals surface area contributed by atoms with Crippen LogP contribution in [-0.2, 0) is 14.3 Å². The average Bonchev–Trinajstić information content (AvgIpc) is 2.46. The summed E-state index contributed by atoms with van der Waals surface area (Å²) in [5.74, 6) is -2.51. The van der Waals surface area contributed by atoms with Gasteiger partial charge in [0.05, 0.1) is 18.9 Å². The number of rotatable bonds is 2. The van der Waals surface area contributed by atoms with Gasteiger partial charge in [0.15, 0.2) is 0 Å². The molecular formula is C8H13NO4. The fourth-order valence-electron chi connectivity index (χ4n) is 1.64. The van der Waals surface area contributed by atoms with Gasteiger partial charge >= 0.3 is 11.9 Å². The summed E-state index contributed by atoms with van der Waals surface area (Å²) in [6, 6.07) is 0. The topological polar surface area (TPSA) is 66.8 Å². The summed E-state index contributed by atoms with van der Waals surface area (Å²) < 4.78 is 4.53. The fourth-order valence-corrected chi connectivity index (χ4v) is 1.64. The summed E-state index contributed by atoms with van der Waals surface area (Å²) in [6.45, 7) is 0.874. The van der Waals surface area contributed by atoms with Gasteiger partial charge in [-0.25, -0.2) is 0 Å². The maximum absolute atomic E-state index is 11.2. The first-order valence-corrected chi connectivity index (χ1v) is 4.05. The lowest BCUT2D eigenvalue weighted by molar-refractivity contribution is -0.153. The van der Waals surface area contributed by atoms with Crippen LogP contribution in [0.3, 0.4) is 0 Å². The van der Waals surface area contributed by atoms with E-state index >= 15 is 0 Å². The van der Waals surface area contributed by atoms with Gasteiger partial charge in [-0.3, -0.25) is 9.59 Å². The van der Waals surface area contributed by atoms with Gasteiger partial charge in [0, 0.05) is 13.1 Å². The molecule has 1 heterocycles. The van der Waals surface area contributed by atoms with Crippen molar-refractivity contribution >= 4 is 11.9 Å². The first-order chi connectivity index (χ1) is 6.06. The summed E-state index contributed by atoms with van der Waals surface area (Å²) in [5, 5.41) is 8.81. The number of methoxy groups -OCH3 is 1. The maximum atomic E-state index is 11.2. The molecule has 0 radical (unpaired) electrons. The minimum atomic E-state index is -0.931. The molecule has 1 rings (SSSR count). The van der Waals surface area contributed by atoms with Crippen LogP contribution < -0.4 is 0 Å². The number of carbonyl (C=O) groups is 2. The first kappa shape index (κ1) is 9.98. The number of likely N-dealkylation sites (tertiary alicyclic amines) is 1. The molecule has 0 aromatic rings. The van der Waals surface area contributed by atoms with Crippen LogP contribution in [0.15, 0.2) is 0 Å². The van der Waals surface area contributed by atoms with E-state index in [-0.39, 0.29) is 0 Å². The molecule has 1 aliphatic heterocycles. The highest BCUT2D eigenvalue weighted by Gasteiger charge is 2.41. The van der Waals surface area contributed by atoms with E-state index in [9.17, 15) is 9.59 Å². The van der Waals surface area contributed by atoms with Crippen molar-refractivity contribution in [2.75, 3.05) is 27.2 Å². The number of hydrogen-bond acceptors (Lipinski definition) is 4. The predicted molar refractivity (Wildman–Crippen MR) is 44.1 cm³/mol. The van der Waals surface area contributed by atoms with Gasteiger partial charge in [0.2, 0.25) is 0 Å². The van der Waals surface area contributed by atoms with Crippen molar-refractivity contribution in [2.45, 2.75) is 0 Å². The van der Waals surface area contributed by atoms with Crippen molar-refractivity contribution < 1.29 is 19.4 Å². The quantitative estimate of drug-likeness (QED) is 0.586. The molecule has 1 saturated heterocycles. The third-order valence-electron chi connectivity index (χ3n) is 2.32. The normalized spacial score (nSPS) is 28.8. The van der Waals surface area contributed by atoms with Crippen molar-refractivity contribution in [3.8, 4) is 0 Å². The van der Waals surface area contributed by atoms with Crippen molar-refractivity contribution in [1.82, 2.24) is 4.90 Å². The Morgan fingerprint density at radius 3 is 2.38 bits per heavy atom. The second-order valence-electron chi connectivity index (χ2n) is 3.30. The van der Waals surface area contributed by atoms with E-state index in [1.54, 1.807) is 7.05 Å². The van der Waals surface area contributed by atoms with E-state index in [0.717, 1.165) is 0 Å². The average molecular weight is 187 g/mol. The summed E-state index contributed by atoms with van der Waals surface area (Å²) in [7, 11) is 3.07. The van der Waals surface area contributed by atoms with Crippen LogP contribution in [0, 0.1) is 11.8 Å². The van der Waals surface area contributed by atoms with Crippen molar-refractivity contribution in [2.24, 2.45) is 11.8 Å². The van der Waals surface area contributed by atoms with Crippen LogP contribution in [0.25, 0.3) is 0 Å². The summed E-state index contributed by atoms with van der Waals surface area (Å²) >= 11 is 0. The van der Waals surface area contributed by atoms with Gasteiger partial charge in [-0.05, 0) is 7.05 Å². The molecule has 5 heteroatoms. The maximum Gasteiger partial charge on any atom is 0.310 e. The molecule has 5 nitrogen and oxygen atoms in total. The molecule has 1 N–H and O–H groups in total. The summed E-state index contributed by atoms with van der Waals surface area (Å²) in [4.78, 5) is 23.7. The molecule has 0 spiro atoms. The molecule has 0 saturated carbocycles. The highest BCUT2D eigenvalue weighted by molar-refractivity contribution is 5.82. The number of hydrogen-bond donors (Lipinski definition) is 1. The van der Waals surface area contributed by atoms with Crippen LogP contribution in [0.2, 0.25) is 0 Å². The molecule has 0 aliphatic carbocycles. The lowest BCUT2D eigenvalue weighted by Crippen LogP contribution is -2.29. The molecule has 0 bridgehead atoms. The smallest absolute Gasteiger partial charge is 0.310 e. The van der Waals surface area contributed by atoms with Crippen LogP contribution in [-0.4, -0.2) is 49.2 Å². The Morgan fingerprint density at radius 1 is 1.38 bits per heavy atom. The SMILES string of the molecule is COC(=O)[C@H]1CN(C)C[C@H]1C(=O)O. The first-order valence-electron chi connectivity index (χ1n) is 4.05. The van der Waals surface area contributed by atoms with Gasteiger partial charge in [0.25, 0.3) is 0 Å². The largest absolute Gasteiger partial charge is 0.481 e. The number of carboxylic acid groups (broad SMARTS) is 1. The zero-order valence-corrected chi connectivity index (χ0v) is 7.69. The lowest BCUT2D eigenvalue weighted by Gasteiger charge is -2.10. The van der Waals surface area contributed by atoms with Gasteiger partial charge in [-0.2, -0.15) is 0 Å². The molecule has 0 amide bonds. The summed E-state index contributed by atoms with van der Waals surface area (Å²) in [6.07, 6.45) is 0. The van der Waals surface area contributed by atoms with Crippen LogP contribution in [0.5, 0.6) is 0 Å². The molecular weight excluding hydrogens is 174 g/mol. The number of nitrogens with zero attached hydrogens (tertiary/aromatic N) is 1. The minimum absolute atomic E-state index is 0.412. The fraction of sp³-hybridized carbons (Fsp3) is 0.750. The molecule has 0 aromatic heterocycles. The standard InChI is InChI=1S/C8H13NO4/c1-9-3-5(7(10)11)6(4-9)8(12)13-2/h5-6H,3-4H2,1-2H3,(H,10,11)/t5-,6+/m1/s1. The van der Waals surface area contributed by atoms with Crippen molar-refractivity contribution in [1.29, 1.82) is 0 Å². The molecule has 2 atom stereocenters. The van der Waals surface area contributed by atoms with E-state index in [4.69, 9.17) is 5.11 Å². The monoisotopic (exact) mass is 187 g/mol. The zero-order chi connectivity index (χ0) is 10.0. The van der Waals surface area contributed by atoms with E-state index in [1.807, 2.05) is 4.90 Å². The third-order valence-corrected chi connectivity index (χ3v) is 2.32. The Labute approximate surface area is 76.3 Å². The Hall–Kier alpha value is -1.10. The van der Waals surface area contributed by atoms with Gasteiger partial charge in [-0.15, -0.1) is 0 Å². The predicted octanol–water partition coefficient (Wildman–Crippen LogP) is -0.578. The Bertz CT molecular complexity index is 228. The Morgan fingerprint density at radius 2 is 1.92 bits per heavy atom. The van der Waals surface area contributed by atoms with Crippen LogP contribution in [0.4, 0.5) is 0 Å². The molecule has 1 fully saturated rings. The highest BCUT2D eigenvalue weighted by Crippen LogP contribution is 2.23. The summed E-state index contributed by atoms with van der Waals surface area (Å²) in [5.41, 5.74) is 0. The van der Waals surface area contributed by atoms with E-state index < -0.39 is 23.8 Å². The Kier molecular flexibility index (Phi) is 2.87. The van der Waals surface area contributed by atoms with Crippen molar-refractivity contribution in [3.63, 3.8) is 0 Å². The third kappa shape index (κ3) is 1.98. The van der Waals surface area contributed by atoms with Gasteiger partial charge in [0.1, 0.15) is 0 Å². The van der Waals surface area contributed by atoms with E-state index in [2.05, 4.69) is 4.74 Å². The number of ether oxygens (including phenoxy) is 1. The number of aliphatic carboxylic acids is 1. The van der Waals surface area contributed by atoms with E-state index in [1.165, 1.54) is 7.11 Å². The van der Waals surface area contributed by atoms with Crippen LogP contribution in [0.1, 0.15) is 0 Å². The zero-order valence-electron chi connectivity index (χ0n) is 7.69. The molecule has 0 unspecified atom stereocenters. The molecule has 74 valence electrons. The second kappa shape index (κ2) is 3.74. The van der Waals surface area contributed by atoms with Gasteiger partial charge in [-0.1, -0.05) is 0 Å². The lowest BCUT2D eigenvalue weighted by atomic mass is 9.97. The molecule has 13 heavy (non-hydrogen) atoms. The number of esters is 1.